The second kappa shape index (κ2) is 4.19. The van der Waals surface area contributed by atoms with Crippen molar-refractivity contribution in [1.29, 1.82) is 0 Å². The zero-order valence-corrected chi connectivity index (χ0v) is 15.0. The summed E-state index contributed by atoms with van der Waals surface area (Å²) in [5.41, 5.74) is 5.25. The van der Waals surface area contributed by atoms with Crippen molar-refractivity contribution in [2.45, 2.75) is 0 Å². The fraction of sp³-hybridized carbons (Fsp3) is 0.0435. The van der Waals surface area contributed by atoms with Gasteiger partial charge in [-0.25, -0.2) is 0 Å². The molecule has 0 spiro atoms. The van der Waals surface area contributed by atoms with E-state index in [0.29, 0.717) is 0 Å². The van der Waals surface area contributed by atoms with Crippen LogP contribution >= 0.6 is 11.3 Å². The predicted octanol–water partition coefficient (Wildman–Crippen LogP) is 6.54. The summed E-state index contributed by atoms with van der Waals surface area (Å²) in [7, 11) is 2.18. The van der Waals surface area contributed by atoms with E-state index >= 15 is 0 Å². The van der Waals surface area contributed by atoms with Gasteiger partial charge < -0.3 is 4.57 Å². The van der Waals surface area contributed by atoms with Crippen LogP contribution in [0.25, 0.3) is 59.2 Å². The van der Waals surface area contributed by atoms with Gasteiger partial charge >= 0.3 is 0 Å². The smallest absolute Gasteiger partial charge is 0.108 e. The van der Waals surface area contributed by atoms with Crippen LogP contribution in [0.15, 0.2) is 66.0 Å². The molecule has 0 radical (unpaired) electrons. The number of aromatic nitrogens is 2. The maximum Gasteiger partial charge on any atom is 0.108 e. The van der Waals surface area contributed by atoms with E-state index in [0.717, 1.165) is 0 Å². The minimum atomic E-state index is 1.29. The molecule has 26 heavy (non-hydrogen) atoms. The largest absolute Gasteiger partial charge is 0.344 e. The summed E-state index contributed by atoms with van der Waals surface area (Å²) >= 11 is 1.83. The first-order valence-corrected chi connectivity index (χ1v) is 9.74. The van der Waals surface area contributed by atoms with Crippen LogP contribution in [0.3, 0.4) is 0 Å². The number of para-hydroxylation sites is 1. The Bertz CT molecular complexity index is 1640. The predicted molar refractivity (Wildman–Crippen MR) is 113 cm³/mol. The second-order valence-electron chi connectivity index (χ2n) is 7.11. The second-order valence-corrected chi connectivity index (χ2v) is 8.00. The molecule has 7 rings (SSSR count). The van der Waals surface area contributed by atoms with Gasteiger partial charge in [0, 0.05) is 39.5 Å². The van der Waals surface area contributed by atoms with Crippen molar-refractivity contribution in [3.63, 3.8) is 0 Å². The molecule has 122 valence electrons. The fourth-order valence-corrected chi connectivity index (χ4v) is 5.83. The van der Waals surface area contributed by atoms with Crippen molar-refractivity contribution in [2.75, 3.05) is 0 Å². The molecule has 0 saturated carbocycles. The third kappa shape index (κ3) is 1.27. The molecule has 0 N–H and O–H groups in total. The molecule has 0 saturated heterocycles. The van der Waals surface area contributed by atoms with Gasteiger partial charge in [-0.05, 0) is 35.0 Å². The molecular weight excluding hydrogens is 336 g/mol. The van der Waals surface area contributed by atoms with Crippen molar-refractivity contribution in [3.8, 4) is 0 Å². The number of rotatable bonds is 0. The lowest BCUT2D eigenvalue weighted by atomic mass is 10.0. The summed E-state index contributed by atoms with van der Waals surface area (Å²) in [5.74, 6) is 0. The van der Waals surface area contributed by atoms with Gasteiger partial charge in [0.15, 0.2) is 0 Å². The first-order chi connectivity index (χ1) is 12.8. The summed E-state index contributed by atoms with van der Waals surface area (Å²) in [6, 6.07) is 22.4. The number of hydrogen-bond acceptors (Lipinski definition) is 1. The molecule has 0 atom stereocenters. The molecule has 0 unspecified atom stereocenters. The Kier molecular flexibility index (Phi) is 2.13. The molecule has 7 aromatic rings. The van der Waals surface area contributed by atoms with E-state index in [9.17, 15) is 0 Å². The Morgan fingerprint density at radius 3 is 2.42 bits per heavy atom. The van der Waals surface area contributed by atoms with Crippen molar-refractivity contribution in [2.24, 2.45) is 7.05 Å². The summed E-state index contributed by atoms with van der Waals surface area (Å²) in [6.45, 7) is 0. The van der Waals surface area contributed by atoms with Crippen molar-refractivity contribution >= 4 is 70.6 Å². The van der Waals surface area contributed by atoms with Gasteiger partial charge in [0.25, 0.3) is 0 Å². The quantitative estimate of drug-likeness (QED) is 0.294. The van der Waals surface area contributed by atoms with Gasteiger partial charge in [0.05, 0.1) is 16.6 Å². The van der Waals surface area contributed by atoms with E-state index in [1.54, 1.807) is 0 Å². The SMILES string of the molecule is Cn1c2cccc3c4ccccc4n4c5sccc5c5ccc1c(c32)c54. The Hall–Kier alpha value is -3.04. The maximum atomic E-state index is 2.49. The average molecular weight is 350 g/mol. The molecule has 3 heteroatoms. The van der Waals surface area contributed by atoms with Crippen LogP contribution in [0, 0.1) is 0 Å². The first kappa shape index (κ1) is 13.2. The van der Waals surface area contributed by atoms with Gasteiger partial charge in [-0.3, -0.25) is 4.40 Å². The minimum Gasteiger partial charge on any atom is -0.344 e. The van der Waals surface area contributed by atoms with Crippen LogP contribution in [0.5, 0.6) is 0 Å². The zero-order valence-electron chi connectivity index (χ0n) is 14.2. The molecule has 0 fully saturated rings. The molecule has 0 aliphatic carbocycles. The lowest BCUT2D eigenvalue weighted by molar-refractivity contribution is 1.01. The molecule has 2 nitrogen and oxygen atoms in total. The molecule has 4 heterocycles. The van der Waals surface area contributed by atoms with Crippen LogP contribution in [-0.2, 0) is 7.05 Å². The van der Waals surface area contributed by atoms with Crippen LogP contribution in [-0.4, -0.2) is 8.97 Å². The minimum absolute atomic E-state index is 1.29. The zero-order chi connectivity index (χ0) is 17.0. The van der Waals surface area contributed by atoms with Gasteiger partial charge in [0.1, 0.15) is 4.83 Å². The van der Waals surface area contributed by atoms with E-state index in [1.807, 2.05) is 11.3 Å². The Morgan fingerprint density at radius 2 is 1.46 bits per heavy atom. The van der Waals surface area contributed by atoms with E-state index in [2.05, 4.69) is 82.1 Å². The summed E-state index contributed by atoms with van der Waals surface area (Å²) in [6.07, 6.45) is 0. The van der Waals surface area contributed by atoms with Crippen LogP contribution in [0.1, 0.15) is 0 Å². The average Bonchev–Trinajstić information content (AvgIpc) is 3.31. The van der Waals surface area contributed by atoms with Crippen LogP contribution in [0.4, 0.5) is 0 Å². The monoisotopic (exact) mass is 350 g/mol. The topological polar surface area (TPSA) is 9.34 Å². The highest BCUT2D eigenvalue weighted by molar-refractivity contribution is 7.17. The molecule has 0 aliphatic rings. The highest BCUT2D eigenvalue weighted by atomic mass is 32.1. The fourth-order valence-electron chi connectivity index (χ4n) is 4.90. The number of fused-ring (bicyclic) bond motifs is 6. The number of hydrogen-bond donors (Lipinski definition) is 0. The third-order valence-electron chi connectivity index (χ3n) is 5.97. The van der Waals surface area contributed by atoms with Crippen LogP contribution < -0.4 is 0 Å². The lowest BCUT2D eigenvalue weighted by Crippen LogP contribution is -1.88. The van der Waals surface area contributed by atoms with E-state index in [4.69, 9.17) is 0 Å². The van der Waals surface area contributed by atoms with Crippen molar-refractivity contribution in [1.82, 2.24) is 8.97 Å². The Labute approximate surface area is 152 Å². The molecule has 0 bridgehead atoms. The van der Waals surface area contributed by atoms with E-state index < -0.39 is 0 Å². The Morgan fingerprint density at radius 1 is 0.654 bits per heavy atom. The standard InChI is InChI=1S/C23H14N2S/c1-24-18-8-4-6-14-13-5-2-3-7-17(13)25-22-15(16-11-12-26-23(16)25)9-10-19(24)21(22)20(14)18/h2-12H,1H3. The highest BCUT2D eigenvalue weighted by Crippen LogP contribution is 2.44. The lowest BCUT2D eigenvalue weighted by Gasteiger charge is -2.03. The number of nitrogens with zero attached hydrogens (tertiary/aromatic N) is 2. The van der Waals surface area contributed by atoms with Crippen LogP contribution in [0.2, 0.25) is 0 Å². The summed E-state index contributed by atoms with van der Waals surface area (Å²) < 4.78 is 4.83. The molecule has 0 aliphatic heterocycles. The normalized spacial score (nSPS) is 12.8. The molecule has 4 aromatic heterocycles. The Balaban J connectivity index is 2.09. The van der Waals surface area contributed by atoms with E-state index in [-0.39, 0.29) is 0 Å². The van der Waals surface area contributed by atoms with Crippen molar-refractivity contribution < 1.29 is 0 Å². The van der Waals surface area contributed by atoms with Gasteiger partial charge in [-0.1, -0.05) is 36.4 Å². The number of benzene rings is 3. The van der Waals surface area contributed by atoms with Gasteiger partial charge in [-0.15, -0.1) is 11.3 Å². The summed E-state index contributed by atoms with van der Waals surface area (Å²) in [5, 5.41) is 10.3. The summed E-state index contributed by atoms with van der Waals surface area (Å²) in [4.78, 5) is 1.34. The van der Waals surface area contributed by atoms with E-state index in [1.165, 1.54) is 59.2 Å². The highest BCUT2D eigenvalue weighted by Gasteiger charge is 2.21. The molecular formula is C23H14N2S. The molecule has 3 aromatic carbocycles. The number of aryl methyl sites for hydroxylation is 1. The van der Waals surface area contributed by atoms with Gasteiger partial charge in [0.2, 0.25) is 0 Å². The third-order valence-corrected chi connectivity index (χ3v) is 6.87. The maximum absolute atomic E-state index is 2.49. The first-order valence-electron chi connectivity index (χ1n) is 8.86. The van der Waals surface area contributed by atoms with Gasteiger partial charge in [-0.2, -0.15) is 0 Å². The molecule has 0 amide bonds. The van der Waals surface area contributed by atoms with Crippen molar-refractivity contribution in [3.05, 3.63) is 66.0 Å². The number of thiophene rings is 1.